The summed E-state index contributed by atoms with van der Waals surface area (Å²) < 4.78 is 18.3. The predicted octanol–water partition coefficient (Wildman–Crippen LogP) is 2.70. The zero-order chi connectivity index (χ0) is 20.1. The third-order valence-electron chi connectivity index (χ3n) is 4.46. The summed E-state index contributed by atoms with van der Waals surface area (Å²) in [5.41, 5.74) is 1.08. The summed E-state index contributed by atoms with van der Waals surface area (Å²) in [5.74, 6) is -0.130. The van der Waals surface area contributed by atoms with Crippen molar-refractivity contribution < 1.29 is 19.0 Å². The Balaban J connectivity index is 1.91. The largest absolute Gasteiger partial charge is 0.497 e. The van der Waals surface area contributed by atoms with Crippen molar-refractivity contribution in [3.05, 3.63) is 75.8 Å². The van der Waals surface area contributed by atoms with Gasteiger partial charge in [0.15, 0.2) is 0 Å². The molecule has 28 heavy (non-hydrogen) atoms. The standard InChI is InChI=1S/C21H21FN2O4/c1-28-18-8-5-15-11-16(20(26)23-19(15)12-18)13-24(9-2-10-25)21(27)14-3-6-17(22)7-4-14/h3-8,11-12,25H,2,9-10,13H2,1H3,(H,23,26). The molecule has 3 aromatic rings. The van der Waals surface area contributed by atoms with Crippen LogP contribution >= 0.6 is 0 Å². The van der Waals surface area contributed by atoms with Crippen LogP contribution in [0.2, 0.25) is 0 Å². The Labute approximate surface area is 161 Å². The highest BCUT2D eigenvalue weighted by atomic mass is 19.1. The van der Waals surface area contributed by atoms with Crippen molar-refractivity contribution in [2.75, 3.05) is 20.3 Å². The average Bonchev–Trinajstić information content (AvgIpc) is 2.71. The summed E-state index contributed by atoms with van der Waals surface area (Å²) in [5, 5.41) is 9.96. The normalized spacial score (nSPS) is 10.8. The topological polar surface area (TPSA) is 82.6 Å². The number of pyridine rings is 1. The summed E-state index contributed by atoms with van der Waals surface area (Å²) in [6.45, 7) is 0.265. The average molecular weight is 384 g/mol. The van der Waals surface area contributed by atoms with Gasteiger partial charge < -0.3 is 19.7 Å². The summed E-state index contributed by atoms with van der Waals surface area (Å²) >= 11 is 0. The lowest BCUT2D eigenvalue weighted by Gasteiger charge is -2.22. The van der Waals surface area contributed by atoms with Gasteiger partial charge in [-0.25, -0.2) is 4.39 Å². The number of aromatic amines is 1. The molecule has 0 saturated carbocycles. The van der Waals surface area contributed by atoms with E-state index in [9.17, 15) is 14.0 Å². The first kappa shape index (κ1) is 19.6. The number of halogens is 1. The number of carbonyl (C=O) groups is 1. The van der Waals surface area contributed by atoms with Crippen LogP contribution in [0.1, 0.15) is 22.3 Å². The van der Waals surface area contributed by atoms with Crippen molar-refractivity contribution in [2.24, 2.45) is 0 Å². The number of nitrogens with one attached hydrogen (secondary N) is 1. The van der Waals surface area contributed by atoms with E-state index in [1.807, 2.05) is 6.07 Å². The fourth-order valence-corrected chi connectivity index (χ4v) is 2.96. The van der Waals surface area contributed by atoms with Gasteiger partial charge in [0.25, 0.3) is 11.5 Å². The number of rotatable bonds is 7. The van der Waals surface area contributed by atoms with Crippen molar-refractivity contribution in [2.45, 2.75) is 13.0 Å². The van der Waals surface area contributed by atoms with Crippen LogP contribution in [-0.4, -0.2) is 41.2 Å². The summed E-state index contributed by atoms with van der Waals surface area (Å²) in [7, 11) is 1.55. The molecule has 1 heterocycles. The first-order valence-corrected chi connectivity index (χ1v) is 8.87. The number of hydrogen-bond acceptors (Lipinski definition) is 4. The highest BCUT2D eigenvalue weighted by molar-refractivity contribution is 5.94. The van der Waals surface area contributed by atoms with Crippen LogP contribution < -0.4 is 10.3 Å². The number of fused-ring (bicyclic) bond motifs is 1. The maximum atomic E-state index is 13.1. The second kappa shape index (κ2) is 8.67. The van der Waals surface area contributed by atoms with Crippen molar-refractivity contribution >= 4 is 16.8 Å². The number of aliphatic hydroxyl groups is 1. The van der Waals surface area contributed by atoms with Crippen LogP contribution in [-0.2, 0) is 6.54 Å². The molecule has 0 saturated heterocycles. The Kier molecular flexibility index (Phi) is 6.06. The smallest absolute Gasteiger partial charge is 0.254 e. The molecule has 0 aliphatic rings. The van der Waals surface area contributed by atoms with E-state index >= 15 is 0 Å². The molecule has 3 rings (SSSR count). The number of aromatic nitrogens is 1. The van der Waals surface area contributed by atoms with Crippen LogP contribution in [0.15, 0.2) is 53.3 Å². The monoisotopic (exact) mass is 384 g/mol. The van der Waals surface area contributed by atoms with Crippen LogP contribution in [0.3, 0.4) is 0 Å². The molecule has 1 aromatic heterocycles. The molecule has 0 fully saturated rings. The number of aliphatic hydroxyl groups excluding tert-OH is 1. The molecule has 0 radical (unpaired) electrons. The number of benzene rings is 2. The van der Waals surface area contributed by atoms with E-state index in [2.05, 4.69) is 4.98 Å². The predicted molar refractivity (Wildman–Crippen MR) is 104 cm³/mol. The maximum absolute atomic E-state index is 13.1. The van der Waals surface area contributed by atoms with Gasteiger partial charge >= 0.3 is 0 Å². The van der Waals surface area contributed by atoms with Gasteiger partial charge in [-0.15, -0.1) is 0 Å². The van der Waals surface area contributed by atoms with Gasteiger partial charge in [-0.2, -0.15) is 0 Å². The molecular weight excluding hydrogens is 363 g/mol. The fraction of sp³-hybridized carbons (Fsp3) is 0.238. The van der Waals surface area contributed by atoms with Gasteiger partial charge in [-0.05, 0) is 54.3 Å². The fourth-order valence-electron chi connectivity index (χ4n) is 2.96. The summed E-state index contributed by atoms with van der Waals surface area (Å²) in [6.07, 6.45) is 0.371. The van der Waals surface area contributed by atoms with E-state index < -0.39 is 5.82 Å². The minimum atomic E-state index is -0.431. The zero-order valence-electron chi connectivity index (χ0n) is 15.4. The SMILES string of the molecule is COc1ccc2cc(CN(CCCO)C(=O)c3ccc(F)cc3)c(=O)[nH]c2c1. The minimum Gasteiger partial charge on any atom is -0.497 e. The maximum Gasteiger partial charge on any atom is 0.254 e. The van der Waals surface area contributed by atoms with Gasteiger partial charge in [0, 0.05) is 30.3 Å². The third-order valence-corrected chi connectivity index (χ3v) is 4.46. The summed E-state index contributed by atoms with van der Waals surface area (Å²) in [4.78, 5) is 29.6. The molecule has 2 aromatic carbocycles. The number of carbonyl (C=O) groups excluding carboxylic acids is 1. The van der Waals surface area contributed by atoms with Gasteiger partial charge in [-0.3, -0.25) is 9.59 Å². The van der Waals surface area contributed by atoms with Crippen molar-refractivity contribution in [3.63, 3.8) is 0 Å². The molecule has 1 amide bonds. The molecule has 146 valence electrons. The van der Waals surface area contributed by atoms with E-state index in [0.717, 1.165) is 5.39 Å². The molecule has 6 nitrogen and oxygen atoms in total. The molecule has 0 bridgehead atoms. The molecule has 0 atom stereocenters. The van der Waals surface area contributed by atoms with Gasteiger partial charge in [-0.1, -0.05) is 0 Å². The van der Waals surface area contributed by atoms with Crippen LogP contribution in [0.4, 0.5) is 4.39 Å². The number of amides is 1. The zero-order valence-corrected chi connectivity index (χ0v) is 15.4. The van der Waals surface area contributed by atoms with Gasteiger partial charge in [0.2, 0.25) is 0 Å². The van der Waals surface area contributed by atoms with E-state index in [0.29, 0.717) is 28.8 Å². The van der Waals surface area contributed by atoms with Crippen LogP contribution in [0.25, 0.3) is 10.9 Å². The molecule has 2 N–H and O–H groups in total. The summed E-state index contributed by atoms with van der Waals surface area (Å²) in [6, 6.07) is 12.3. The molecule has 0 aliphatic carbocycles. The lowest BCUT2D eigenvalue weighted by Crippen LogP contribution is -2.34. The van der Waals surface area contributed by atoms with Gasteiger partial charge in [0.1, 0.15) is 11.6 Å². The van der Waals surface area contributed by atoms with Crippen molar-refractivity contribution in [1.29, 1.82) is 0 Å². The van der Waals surface area contributed by atoms with Gasteiger partial charge in [0.05, 0.1) is 19.2 Å². The van der Waals surface area contributed by atoms with Crippen LogP contribution in [0.5, 0.6) is 5.75 Å². The lowest BCUT2D eigenvalue weighted by atomic mass is 10.1. The molecular formula is C21H21FN2O4. The second-order valence-electron chi connectivity index (χ2n) is 6.39. The lowest BCUT2D eigenvalue weighted by molar-refractivity contribution is 0.0731. The second-order valence-corrected chi connectivity index (χ2v) is 6.39. The minimum absolute atomic E-state index is 0.0769. The van der Waals surface area contributed by atoms with E-state index in [1.54, 1.807) is 25.3 Å². The Morgan fingerprint density at radius 2 is 1.93 bits per heavy atom. The Morgan fingerprint density at radius 3 is 2.61 bits per heavy atom. The Morgan fingerprint density at radius 1 is 1.18 bits per heavy atom. The van der Waals surface area contributed by atoms with E-state index in [1.165, 1.54) is 29.2 Å². The Bertz CT molecular complexity index is 1030. The number of H-pyrrole nitrogens is 1. The number of methoxy groups -OCH3 is 1. The number of nitrogens with zero attached hydrogens (tertiary/aromatic N) is 1. The van der Waals surface area contributed by atoms with Crippen molar-refractivity contribution in [1.82, 2.24) is 9.88 Å². The Hall–Kier alpha value is -3.19. The van der Waals surface area contributed by atoms with E-state index in [4.69, 9.17) is 9.84 Å². The number of hydrogen-bond donors (Lipinski definition) is 2. The van der Waals surface area contributed by atoms with Crippen molar-refractivity contribution in [3.8, 4) is 5.75 Å². The molecule has 0 aliphatic heterocycles. The number of ether oxygens (including phenoxy) is 1. The molecule has 0 spiro atoms. The third kappa shape index (κ3) is 4.37. The highest BCUT2D eigenvalue weighted by Gasteiger charge is 2.18. The van der Waals surface area contributed by atoms with E-state index in [-0.39, 0.29) is 31.2 Å². The first-order chi connectivity index (χ1) is 13.5. The molecule has 0 unspecified atom stereocenters. The molecule has 7 heteroatoms. The van der Waals surface area contributed by atoms with Crippen LogP contribution in [0, 0.1) is 5.82 Å². The first-order valence-electron chi connectivity index (χ1n) is 8.87. The highest BCUT2D eigenvalue weighted by Crippen LogP contribution is 2.19. The quantitative estimate of drug-likeness (QED) is 0.656.